The van der Waals surface area contributed by atoms with Crippen LogP contribution in [-0.2, 0) is 11.2 Å². The lowest BCUT2D eigenvalue weighted by Crippen LogP contribution is -2.30. The highest BCUT2D eigenvalue weighted by atomic mass is 16.3. The monoisotopic (exact) mass is 283 g/mol. The van der Waals surface area contributed by atoms with Crippen molar-refractivity contribution >= 4 is 16.7 Å². The molecule has 3 heteroatoms. The fourth-order valence-electron chi connectivity index (χ4n) is 3.17. The molecule has 0 aliphatic heterocycles. The number of carbonyl (C=O) groups is 1. The predicted octanol–water partition coefficient (Wildman–Crippen LogP) is 2.66. The van der Waals surface area contributed by atoms with Gasteiger partial charge >= 0.3 is 0 Å². The first-order valence-electron chi connectivity index (χ1n) is 7.64. The lowest BCUT2D eigenvalue weighted by molar-refractivity contribution is -0.120. The molecule has 1 fully saturated rings. The molecule has 110 valence electrons. The highest BCUT2D eigenvalue weighted by Gasteiger charge is 2.22. The molecule has 2 aromatic carbocycles. The number of fused-ring (bicyclic) bond motifs is 1. The minimum Gasteiger partial charge on any atom is -0.393 e. The smallest absolute Gasteiger partial charge is 0.224 e. The minimum atomic E-state index is -0.176. The molecular weight excluding hydrogens is 262 g/mol. The molecule has 0 radical (unpaired) electrons. The van der Waals surface area contributed by atoms with Crippen LogP contribution in [0.25, 0.3) is 10.8 Å². The van der Waals surface area contributed by atoms with Gasteiger partial charge in [0.25, 0.3) is 0 Å². The Morgan fingerprint density at radius 2 is 1.95 bits per heavy atom. The van der Waals surface area contributed by atoms with E-state index in [2.05, 4.69) is 23.5 Å². The zero-order valence-corrected chi connectivity index (χ0v) is 12.1. The summed E-state index contributed by atoms with van der Waals surface area (Å²) in [5.74, 6) is 0.490. The summed E-state index contributed by atoms with van der Waals surface area (Å²) in [5, 5.41) is 14.8. The summed E-state index contributed by atoms with van der Waals surface area (Å²) in [6, 6.07) is 14.2. The van der Waals surface area contributed by atoms with Crippen LogP contribution in [0, 0.1) is 5.92 Å². The van der Waals surface area contributed by atoms with E-state index in [9.17, 15) is 9.90 Å². The Kier molecular flexibility index (Phi) is 4.20. The van der Waals surface area contributed by atoms with E-state index in [1.54, 1.807) is 0 Å². The first-order chi connectivity index (χ1) is 10.2. The average molecular weight is 283 g/mol. The minimum absolute atomic E-state index is 0.0627. The molecule has 2 N–H and O–H groups in total. The van der Waals surface area contributed by atoms with Crippen molar-refractivity contribution in [3.63, 3.8) is 0 Å². The van der Waals surface area contributed by atoms with Gasteiger partial charge in [0.1, 0.15) is 0 Å². The van der Waals surface area contributed by atoms with Gasteiger partial charge in [-0.1, -0.05) is 42.5 Å². The van der Waals surface area contributed by atoms with Crippen molar-refractivity contribution in [2.45, 2.75) is 31.8 Å². The molecule has 21 heavy (non-hydrogen) atoms. The maximum Gasteiger partial charge on any atom is 0.224 e. The number of nitrogens with one attached hydrogen (secondary N) is 1. The number of hydrogen-bond donors (Lipinski definition) is 2. The molecule has 1 saturated carbocycles. The summed E-state index contributed by atoms with van der Waals surface area (Å²) in [7, 11) is 0. The van der Waals surface area contributed by atoms with Crippen LogP contribution in [0.3, 0.4) is 0 Å². The van der Waals surface area contributed by atoms with Crippen molar-refractivity contribution in [1.29, 1.82) is 0 Å². The fraction of sp³-hybridized carbons (Fsp3) is 0.389. The summed E-state index contributed by atoms with van der Waals surface area (Å²) in [4.78, 5) is 12.1. The second-order valence-electron chi connectivity index (χ2n) is 5.95. The number of carbonyl (C=O) groups excluding carboxylic acids is 1. The molecule has 2 atom stereocenters. The normalized spacial score (nSPS) is 21.6. The third-order valence-corrected chi connectivity index (χ3v) is 4.33. The molecule has 3 nitrogen and oxygen atoms in total. The Hall–Kier alpha value is -1.87. The van der Waals surface area contributed by atoms with Crippen molar-refractivity contribution in [2.24, 2.45) is 5.92 Å². The number of rotatable bonds is 4. The van der Waals surface area contributed by atoms with E-state index in [1.807, 2.05) is 24.3 Å². The number of hydrogen-bond acceptors (Lipinski definition) is 2. The molecule has 0 bridgehead atoms. The predicted molar refractivity (Wildman–Crippen MR) is 84.0 cm³/mol. The quantitative estimate of drug-likeness (QED) is 0.906. The first-order valence-corrected chi connectivity index (χ1v) is 7.64. The summed E-state index contributed by atoms with van der Waals surface area (Å²) in [6.45, 7) is 0.681. The maximum atomic E-state index is 12.1. The van der Waals surface area contributed by atoms with E-state index in [0.29, 0.717) is 18.9 Å². The topological polar surface area (TPSA) is 49.3 Å². The van der Waals surface area contributed by atoms with Gasteiger partial charge < -0.3 is 10.4 Å². The van der Waals surface area contributed by atoms with E-state index in [4.69, 9.17) is 0 Å². The van der Waals surface area contributed by atoms with Crippen LogP contribution < -0.4 is 5.32 Å². The van der Waals surface area contributed by atoms with E-state index in [0.717, 1.165) is 30.2 Å². The van der Waals surface area contributed by atoms with Crippen LogP contribution in [-0.4, -0.2) is 23.7 Å². The van der Waals surface area contributed by atoms with Crippen LogP contribution in [0.1, 0.15) is 24.8 Å². The second kappa shape index (κ2) is 6.27. The van der Waals surface area contributed by atoms with Gasteiger partial charge in [0, 0.05) is 6.54 Å². The molecule has 1 aliphatic carbocycles. The Labute approximate surface area is 125 Å². The molecule has 0 unspecified atom stereocenters. The number of aliphatic hydroxyl groups excluding tert-OH is 1. The number of amides is 1. The van der Waals surface area contributed by atoms with Crippen molar-refractivity contribution in [2.75, 3.05) is 6.54 Å². The van der Waals surface area contributed by atoms with Crippen LogP contribution in [0.2, 0.25) is 0 Å². The zero-order valence-electron chi connectivity index (χ0n) is 12.1. The number of benzene rings is 2. The standard InChI is InChI=1S/C18H21NO2/c20-16-9-8-13(10-16)12-19-18(21)11-15-6-3-5-14-4-1-2-7-17(14)15/h1-7,13,16,20H,8-12H2,(H,19,21)/t13-,16-/m0/s1. The van der Waals surface area contributed by atoms with E-state index < -0.39 is 0 Å². The van der Waals surface area contributed by atoms with Gasteiger partial charge in [0.15, 0.2) is 0 Å². The van der Waals surface area contributed by atoms with Gasteiger partial charge in [-0.15, -0.1) is 0 Å². The molecule has 0 saturated heterocycles. The van der Waals surface area contributed by atoms with Crippen LogP contribution in [0.15, 0.2) is 42.5 Å². The third kappa shape index (κ3) is 3.42. The van der Waals surface area contributed by atoms with Gasteiger partial charge in [-0.3, -0.25) is 4.79 Å². The summed E-state index contributed by atoms with van der Waals surface area (Å²) in [6.07, 6.45) is 2.93. The Bertz CT molecular complexity index is 633. The largest absolute Gasteiger partial charge is 0.393 e. The SMILES string of the molecule is O=C(Cc1cccc2ccccc12)NC[C@H]1CC[C@H](O)C1. The first kappa shape index (κ1) is 14.1. The van der Waals surface area contributed by atoms with Crippen LogP contribution in [0.4, 0.5) is 0 Å². The van der Waals surface area contributed by atoms with Crippen molar-refractivity contribution in [3.05, 3.63) is 48.0 Å². The molecule has 1 aliphatic rings. The van der Waals surface area contributed by atoms with E-state index in [-0.39, 0.29) is 12.0 Å². The summed E-state index contributed by atoms with van der Waals surface area (Å²) < 4.78 is 0. The molecule has 1 amide bonds. The number of aliphatic hydroxyl groups is 1. The highest BCUT2D eigenvalue weighted by Crippen LogP contribution is 2.24. The van der Waals surface area contributed by atoms with Crippen molar-refractivity contribution in [3.8, 4) is 0 Å². The van der Waals surface area contributed by atoms with Crippen molar-refractivity contribution < 1.29 is 9.90 Å². The Balaban J connectivity index is 1.61. The second-order valence-corrected chi connectivity index (χ2v) is 5.95. The van der Waals surface area contributed by atoms with E-state index in [1.165, 1.54) is 5.39 Å². The van der Waals surface area contributed by atoms with Crippen molar-refractivity contribution in [1.82, 2.24) is 5.32 Å². The van der Waals surface area contributed by atoms with Gasteiger partial charge in [0.2, 0.25) is 5.91 Å². The van der Waals surface area contributed by atoms with Gasteiger partial charge in [-0.05, 0) is 41.5 Å². The van der Waals surface area contributed by atoms with Gasteiger partial charge in [-0.2, -0.15) is 0 Å². The average Bonchev–Trinajstić information content (AvgIpc) is 2.91. The zero-order chi connectivity index (χ0) is 14.7. The highest BCUT2D eigenvalue weighted by molar-refractivity contribution is 5.90. The van der Waals surface area contributed by atoms with Crippen LogP contribution in [0.5, 0.6) is 0 Å². The maximum absolute atomic E-state index is 12.1. The summed E-state index contributed by atoms with van der Waals surface area (Å²) in [5.41, 5.74) is 1.07. The summed E-state index contributed by atoms with van der Waals surface area (Å²) >= 11 is 0. The molecule has 0 spiro atoms. The molecule has 3 rings (SSSR count). The molecule has 0 heterocycles. The fourth-order valence-corrected chi connectivity index (χ4v) is 3.17. The van der Waals surface area contributed by atoms with Gasteiger partial charge in [-0.25, -0.2) is 0 Å². The third-order valence-electron chi connectivity index (χ3n) is 4.33. The molecule has 0 aromatic heterocycles. The lowest BCUT2D eigenvalue weighted by atomic mass is 10.0. The molecular formula is C18H21NO2. The Morgan fingerprint density at radius 3 is 2.76 bits per heavy atom. The van der Waals surface area contributed by atoms with Gasteiger partial charge in [0.05, 0.1) is 12.5 Å². The van der Waals surface area contributed by atoms with E-state index >= 15 is 0 Å². The van der Waals surface area contributed by atoms with Crippen LogP contribution >= 0.6 is 0 Å². The lowest BCUT2D eigenvalue weighted by Gasteiger charge is -2.11. The molecule has 2 aromatic rings. The Morgan fingerprint density at radius 1 is 1.14 bits per heavy atom.